The lowest BCUT2D eigenvalue weighted by molar-refractivity contribution is -0.185. The molecule has 3 nitrogen and oxygen atoms in total. The number of hydrogen-bond acceptors (Lipinski definition) is 2. The van der Waals surface area contributed by atoms with Crippen LogP contribution in [0.5, 0.6) is 0 Å². The second-order valence-electron chi connectivity index (χ2n) is 4.37. The van der Waals surface area contributed by atoms with Crippen molar-refractivity contribution in [1.29, 1.82) is 0 Å². The number of carbonyl (C=O) groups is 1. The number of likely N-dealkylation sites (tertiary alicyclic amines) is 1. The third-order valence-electron chi connectivity index (χ3n) is 3.17. The summed E-state index contributed by atoms with van der Waals surface area (Å²) < 4.78 is 36.9. The van der Waals surface area contributed by atoms with Gasteiger partial charge >= 0.3 is 12.1 Å². The van der Waals surface area contributed by atoms with Crippen molar-refractivity contribution in [2.75, 3.05) is 13.1 Å². The van der Waals surface area contributed by atoms with E-state index in [2.05, 4.69) is 0 Å². The first-order valence-corrected chi connectivity index (χ1v) is 5.40. The smallest absolute Gasteiger partial charge is 0.399 e. The molecule has 17 heavy (non-hydrogen) atoms. The summed E-state index contributed by atoms with van der Waals surface area (Å²) in [6, 6.07) is 0. The summed E-state index contributed by atoms with van der Waals surface area (Å²) >= 11 is 0. The predicted octanol–water partition coefficient (Wildman–Crippen LogP) is 1.57. The highest BCUT2D eigenvalue weighted by atomic mass is 19.4. The maximum Gasteiger partial charge on any atom is 0.471 e. The van der Waals surface area contributed by atoms with E-state index < -0.39 is 12.1 Å². The molecule has 0 saturated carbocycles. The highest BCUT2D eigenvalue weighted by Crippen LogP contribution is 2.32. The third-order valence-corrected chi connectivity index (χ3v) is 3.17. The van der Waals surface area contributed by atoms with E-state index in [0.29, 0.717) is 12.1 Å². The summed E-state index contributed by atoms with van der Waals surface area (Å²) in [6.45, 7) is 0.200. The molecular formula is C11H13F3N2O. The summed E-state index contributed by atoms with van der Waals surface area (Å²) in [5.41, 5.74) is 7.00. The van der Waals surface area contributed by atoms with E-state index in [-0.39, 0.29) is 19.0 Å². The van der Waals surface area contributed by atoms with E-state index in [0.717, 1.165) is 16.9 Å². The zero-order valence-corrected chi connectivity index (χ0v) is 9.13. The lowest BCUT2D eigenvalue weighted by atomic mass is 9.84. The lowest BCUT2D eigenvalue weighted by Crippen LogP contribution is -2.46. The average molecular weight is 246 g/mol. The number of carbonyl (C=O) groups excluding carboxylic acids is 1. The largest absolute Gasteiger partial charge is 0.471 e. The number of rotatable bonds is 0. The average Bonchev–Trinajstić information content (AvgIpc) is 2.25. The van der Waals surface area contributed by atoms with Crippen LogP contribution in [0.15, 0.2) is 23.4 Å². The Morgan fingerprint density at radius 3 is 2.82 bits per heavy atom. The first-order valence-electron chi connectivity index (χ1n) is 5.40. The Balaban J connectivity index is 2.11. The molecule has 2 rings (SSSR count). The van der Waals surface area contributed by atoms with Crippen LogP contribution in [-0.4, -0.2) is 30.1 Å². The van der Waals surface area contributed by atoms with Crippen LogP contribution in [-0.2, 0) is 4.79 Å². The molecule has 1 atom stereocenters. The SMILES string of the molecule is NC1=CCC2CCN(C(=O)C(F)(F)F)CC2=C1. The summed E-state index contributed by atoms with van der Waals surface area (Å²) in [7, 11) is 0. The molecule has 1 fully saturated rings. The van der Waals surface area contributed by atoms with Gasteiger partial charge in [-0.2, -0.15) is 13.2 Å². The number of piperidine rings is 1. The Labute approximate surface area is 96.8 Å². The van der Waals surface area contributed by atoms with Crippen LogP contribution in [0.1, 0.15) is 12.8 Å². The molecule has 2 N–H and O–H groups in total. The predicted molar refractivity (Wildman–Crippen MR) is 55.7 cm³/mol. The van der Waals surface area contributed by atoms with E-state index in [4.69, 9.17) is 5.73 Å². The molecule has 0 aromatic carbocycles. The van der Waals surface area contributed by atoms with Crippen molar-refractivity contribution >= 4 is 5.91 Å². The van der Waals surface area contributed by atoms with E-state index >= 15 is 0 Å². The minimum absolute atomic E-state index is 0.0392. The van der Waals surface area contributed by atoms with Crippen molar-refractivity contribution in [1.82, 2.24) is 4.90 Å². The van der Waals surface area contributed by atoms with Gasteiger partial charge in [0.2, 0.25) is 0 Å². The molecule has 1 unspecified atom stereocenters. The quantitative estimate of drug-likeness (QED) is 0.705. The van der Waals surface area contributed by atoms with Crippen molar-refractivity contribution in [3.05, 3.63) is 23.4 Å². The minimum Gasteiger partial charge on any atom is -0.399 e. The molecule has 0 bridgehead atoms. The van der Waals surface area contributed by atoms with Crippen LogP contribution in [0, 0.1) is 5.92 Å². The Morgan fingerprint density at radius 1 is 1.47 bits per heavy atom. The molecule has 6 heteroatoms. The van der Waals surface area contributed by atoms with Crippen LogP contribution < -0.4 is 5.73 Å². The lowest BCUT2D eigenvalue weighted by Gasteiger charge is -2.35. The highest BCUT2D eigenvalue weighted by Gasteiger charge is 2.44. The topological polar surface area (TPSA) is 46.3 Å². The van der Waals surface area contributed by atoms with Crippen LogP contribution in [0.3, 0.4) is 0 Å². The Morgan fingerprint density at radius 2 is 2.18 bits per heavy atom. The minimum atomic E-state index is -4.79. The molecule has 94 valence electrons. The highest BCUT2D eigenvalue weighted by molar-refractivity contribution is 5.82. The third kappa shape index (κ3) is 2.45. The summed E-state index contributed by atoms with van der Waals surface area (Å²) in [5.74, 6) is -1.52. The molecule has 1 aliphatic heterocycles. The molecular weight excluding hydrogens is 233 g/mol. The van der Waals surface area contributed by atoms with E-state index in [1.807, 2.05) is 6.08 Å². The normalized spacial score (nSPS) is 24.9. The van der Waals surface area contributed by atoms with Gasteiger partial charge in [-0.15, -0.1) is 0 Å². The second-order valence-corrected chi connectivity index (χ2v) is 4.37. The fourth-order valence-corrected chi connectivity index (χ4v) is 2.26. The van der Waals surface area contributed by atoms with Crippen molar-refractivity contribution in [3.8, 4) is 0 Å². The van der Waals surface area contributed by atoms with E-state index in [9.17, 15) is 18.0 Å². The maximum absolute atomic E-state index is 12.3. The van der Waals surface area contributed by atoms with E-state index in [1.54, 1.807) is 6.08 Å². The summed E-state index contributed by atoms with van der Waals surface area (Å²) in [6.07, 6.45) is 0.0893. The zero-order valence-electron chi connectivity index (χ0n) is 9.13. The molecule has 1 amide bonds. The van der Waals surface area contributed by atoms with Crippen molar-refractivity contribution < 1.29 is 18.0 Å². The fraction of sp³-hybridized carbons (Fsp3) is 0.545. The number of amides is 1. The molecule has 1 saturated heterocycles. The van der Waals surface area contributed by atoms with Crippen LogP contribution in [0.25, 0.3) is 0 Å². The number of nitrogens with zero attached hydrogens (tertiary/aromatic N) is 1. The van der Waals surface area contributed by atoms with Crippen LogP contribution >= 0.6 is 0 Å². The second kappa shape index (κ2) is 4.09. The Hall–Kier alpha value is -1.46. The van der Waals surface area contributed by atoms with Crippen LogP contribution in [0.4, 0.5) is 13.2 Å². The number of allylic oxidation sites excluding steroid dienone is 2. The van der Waals surface area contributed by atoms with Crippen LogP contribution in [0.2, 0.25) is 0 Å². The van der Waals surface area contributed by atoms with Crippen molar-refractivity contribution in [2.24, 2.45) is 11.7 Å². The standard InChI is InChI=1S/C11H13F3N2O/c12-11(13,14)10(17)16-4-3-7-1-2-9(15)5-8(7)6-16/h2,5,7H,1,3-4,6,15H2. The molecule has 0 spiro atoms. The molecule has 1 aliphatic carbocycles. The number of halogens is 3. The molecule has 1 heterocycles. The van der Waals surface area contributed by atoms with Crippen molar-refractivity contribution in [3.63, 3.8) is 0 Å². The van der Waals surface area contributed by atoms with Gasteiger partial charge in [0.05, 0.1) is 0 Å². The van der Waals surface area contributed by atoms with Gasteiger partial charge in [0.25, 0.3) is 0 Å². The molecule has 0 radical (unpaired) electrons. The van der Waals surface area contributed by atoms with Gasteiger partial charge in [-0.05, 0) is 30.4 Å². The molecule has 2 aliphatic rings. The fourth-order valence-electron chi connectivity index (χ4n) is 2.26. The zero-order chi connectivity index (χ0) is 12.6. The van der Waals surface area contributed by atoms with Gasteiger partial charge in [-0.25, -0.2) is 0 Å². The van der Waals surface area contributed by atoms with Gasteiger partial charge in [0.1, 0.15) is 0 Å². The first kappa shape index (κ1) is 12.0. The van der Waals surface area contributed by atoms with Gasteiger partial charge in [-0.3, -0.25) is 4.79 Å². The van der Waals surface area contributed by atoms with Gasteiger partial charge in [0, 0.05) is 18.8 Å². The van der Waals surface area contributed by atoms with Gasteiger partial charge < -0.3 is 10.6 Å². The first-order chi connectivity index (χ1) is 7.88. The number of alkyl halides is 3. The maximum atomic E-state index is 12.3. The number of fused-ring (bicyclic) bond motifs is 1. The Bertz CT molecular complexity index is 398. The Kier molecular flexibility index (Phi) is 2.89. The number of hydrogen-bond donors (Lipinski definition) is 1. The van der Waals surface area contributed by atoms with E-state index in [1.165, 1.54) is 0 Å². The molecule has 0 aromatic heterocycles. The van der Waals surface area contributed by atoms with Gasteiger partial charge in [-0.1, -0.05) is 6.08 Å². The molecule has 0 aromatic rings. The monoisotopic (exact) mass is 246 g/mol. The summed E-state index contributed by atoms with van der Waals surface area (Å²) in [4.78, 5) is 12.0. The van der Waals surface area contributed by atoms with Crippen molar-refractivity contribution in [2.45, 2.75) is 19.0 Å². The van der Waals surface area contributed by atoms with Gasteiger partial charge in [0.15, 0.2) is 0 Å². The summed E-state index contributed by atoms with van der Waals surface area (Å²) in [5, 5.41) is 0. The number of nitrogens with two attached hydrogens (primary N) is 1.